The summed E-state index contributed by atoms with van der Waals surface area (Å²) in [7, 11) is 1.63. The van der Waals surface area contributed by atoms with E-state index in [1.165, 1.54) is 0 Å². The zero-order valence-electron chi connectivity index (χ0n) is 9.02. The molecule has 0 amide bonds. The van der Waals surface area contributed by atoms with Gasteiger partial charge in [0.15, 0.2) is 0 Å². The number of methoxy groups -OCH3 is 1. The molecule has 1 rings (SSSR count). The van der Waals surface area contributed by atoms with Crippen LogP contribution in [0.5, 0.6) is 5.75 Å². The molecule has 0 spiro atoms. The molecular formula is C12H18O3. The number of aliphatic hydroxyl groups is 2. The first kappa shape index (κ1) is 12.0. The first-order chi connectivity index (χ1) is 7.31. The van der Waals surface area contributed by atoms with Crippen molar-refractivity contribution in [3.05, 3.63) is 29.8 Å². The van der Waals surface area contributed by atoms with Crippen LogP contribution in [-0.4, -0.2) is 30.5 Å². The van der Waals surface area contributed by atoms with Crippen LogP contribution >= 0.6 is 0 Å². The Morgan fingerprint density at radius 1 is 1.33 bits per heavy atom. The van der Waals surface area contributed by atoms with Crippen molar-refractivity contribution in [3.8, 4) is 5.75 Å². The monoisotopic (exact) mass is 210 g/mol. The Morgan fingerprint density at radius 2 is 2.13 bits per heavy atom. The van der Waals surface area contributed by atoms with Gasteiger partial charge in [0.05, 0.1) is 7.11 Å². The number of ether oxygens (including phenoxy) is 1. The van der Waals surface area contributed by atoms with Gasteiger partial charge in [-0.25, -0.2) is 0 Å². The highest BCUT2D eigenvalue weighted by Gasteiger charge is 2.10. The van der Waals surface area contributed by atoms with E-state index in [2.05, 4.69) is 0 Å². The van der Waals surface area contributed by atoms with Crippen molar-refractivity contribution in [2.24, 2.45) is 0 Å². The quantitative estimate of drug-likeness (QED) is 0.749. The predicted octanol–water partition coefficient (Wildman–Crippen LogP) is 1.54. The number of rotatable bonds is 6. The third kappa shape index (κ3) is 3.53. The standard InChI is InChI=1S/C12H18O3/c1-15-12-6-2-4-10(8-12)11(9-14)5-3-7-13/h2,4,6,8,11,13-14H,3,5,7,9H2,1H3/t11-/m0/s1. The summed E-state index contributed by atoms with van der Waals surface area (Å²) < 4.78 is 5.12. The third-order valence-electron chi connectivity index (χ3n) is 2.50. The minimum Gasteiger partial charge on any atom is -0.497 e. The normalized spacial score (nSPS) is 12.5. The second-order valence-corrected chi connectivity index (χ2v) is 3.52. The summed E-state index contributed by atoms with van der Waals surface area (Å²) in [6, 6.07) is 7.69. The average Bonchev–Trinajstić information content (AvgIpc) is 2.30. The lowest BCUT2D eigenvalue weighted by Crippen LogP contribution is -2.05. The van der Waals surface area contributed by atoms with Gasteiger partial charge in [-0.05, 0) is 30.5 Å². The maximum absolute atomic E-state index is 9.25. The third-order valence-corrected chi connectivity index (χ3v) is 2.50. The molecule has 0 saturated heterocycles. The van der Waals surface area contributed by atoms with Crippen LogP contribution in [0.1, 0.15) is 24.3 Å². The van der Waals surface area contributed by atoms with Gasteiger partial charge in [0.25, 0.3) is 0 Å². The topological polar surface area (TPSA) is 49.7 Å². The summed E-state index contributed by atoms with van der Waals surface area (Å²) in [5.41, 5.74) is 1.06. The maximum Gasteiger partial charge on any atom is 0.119 e. The molecule has 0 heterocycles. The molecule has 15 heavy (non-hydrogen) atoms. The zero-order chi connectivity index (χ0) is 11.1. The van der Waals surface area contributed by atoms with Crippen molar-refractivity contribution in [1.82, 2.24) is 0 Å². The van der Waals surface area contributed by atoms with Gasteiger partial charge >= 0.3 is 0 Å². The van der Waals surface area contributed by atoms with E-state index in [-0.39, 0.29) is 19.1 Å². The van der Waals surface area contributed by atoms with Crippen molar-refractivity contribution >= 4 is 0 Å². The van der Waals surface area contributed by atoms with E-state index in [4.69, 9.17) is 9.84 Å². The minimum absolute atomic E-state index is 0.0900. The Bertz CT molecular complexity index is 286. The van der Waals surface area contributed by atoms with Crippen LogP contribution in [-0.2, 0) is 0 Å². The van der Waals surface area contributed by atoms with Crippen molar-refractivity contribution in [2.45, 2.75) is 18.8 Å². The largest absolute Gasteiger partial charge is 0.497 e. The van der Waals surface area contributed by atoms with E-state index < -0.39 is 0 Å². The van der Waals surface area contributed by atoms with Crippen LogP contribution in [0, 0.1) is 0 Å². The van der Waals surface area contributed by atoms with Gasteiger partial charge in [0.1, 0.15) is 5.75 Å². The highest BCUT2D eigenvalue weighted by atomic mass is 16.5. The van der Waals surface area contributed by atoms with Crippen molar-refractivity contribution < 1.29 is 14.9 Å². The molecule has 0 aliphatic carbocycles. The van der Waals surface area contributed by atoms with Crippen LogP contribution in [0.3, 0.4) is 0 Å². The second-order valence-electron chi connectivity index (χ2n) is 3.52. The molecule has 0 radical (unpaired) electrons. The molecule has 3 heteroatoms. The first-order valence-electron chi connectivity index (χ1n) is 5.17. The smallest absolute Gasteiger partial charge is 0.119 e. The van der Waals surface area contributed by atoms with Crippen molar-refractivity contribution in [3.63, 3.8) is 0 Å². The number of aliphatic hydroxyl groups excluding tert-OH is 2. The molecule has 0 fully saturated rings. The summed E-state index contributed by atoms with van der Waals surface area (Å²) in [5, 5.41) is 18.0. The minimum atomic E-state index is 0.0900. The van der Waals surface area contributed by atoms with E-state index in [1.54, 1.807) is 7.11 Å². The van der Waals surface area contributed by atoms with E-state index in [9.17, 15) is 5.11 Å². The van der Waals surface area contributed by atoms with Crippen LogP contribution in [0.25, 0.3) is 0 Å². The lowest BCUT2D eigenvalue weighted by atomic mass is 9.95. The number of hydrogen-bond acceptors (Lipinski definition) is 3. The Hall–Kier alpha value is -1.06. The van der Waals surface area contributed by atoms with E-state index >= 15 is 0 Å². The fraction of sp³-hybridized carbons (Fsp3) is 0.500. The van der Waals surface area contributed by atoms with E-state index in [1.807, 2.05) is 24.3 Å². The fourth-order valence-corrected chi connectivity index (χ4v) is 1.60. The molecule has 0 saturated carbocycles. The molecule has 0 aromatic heterocycles. The Morgan fingerprint density at radius 3 is 2.73 bits per heavy atom. The molecule has 1 aromatic carbocycles. The van der Waals surface area contributed by atoms with E-state index in [0.717, 1.165) is 17.7 Å². The molecule has 0 bridgehead atoms. The Kier molecular flexibility index (Phi) is 5.15. The second kappa shape index (κ2) is 6.43. The lowest BCUT2D eigenvalue weighted by molar-refractivity contribution is 0.236. The molecule has 0 aliphatic heterocycles. The lowest BCUT2D eigenvalue weighted by Gasteiger charge is -2.14. The van der Waals surface area contributed by atoms with E-state index in [0.29, 0.717) is 6.42 Å². The molecular weight excluding hydrogens is 192 g/mol. The molecule has 3 nitrogen and oxygen atoms in total. The molecule has 2 N–H and O–H groups in total. The van der Waals surface area contributed by atoms with Crippen LogP contribution in [0.4, 0.5) is 0 Å². The summed E-state index contributed by atoms with van der Waals surface area (Å²) in [4.78, 5) is 0. The highest BCUT2D eigenvalue weighted by Crippen LogP contribution is 2.24. The van der Waals surface area contributed by atoms with Crippen molar-refractivity contribution in [1.29, 1.82) is 0 Å². The SMILES string of the molecule is COc1cccc([C@H](CO)CCCO)c1. The van der Waals surface area contributed by atoms with Crippen LogP contribution < -0.4 is 4.74 Å². The number of hydrogen-bond donors (Lipinski definition) is 2. The maximum atomic E-state index is 9.25. The number of benzene rings is 1. The molecule has 0 aliphatic rings. The van der Waals surface area contributed by atoms with Gasteiger partial charge < -0.3 is 14.9 Å². The molecule has 1 aromatic rings. The molecule has 0 unspecified atom stereocenters. The Labute approximate surface area is 90.3 Å². The summed E-state index contributed by atoms with van der Waals surface area (Å²) in [5.74, 6) is 0.891. The summed E-state index contributed by atoms with van der Waals surface area (Å²) >= 11 is 0. The molecule has 1 atom stereocenters. The fourth-order valence-electron chi connectivity index (χ4n) is 1.60. The van der Waals surface area contributed by atoms with Crippen molar-refractivity contribution in [2.75, 3.05) is 20.3 Å². The zero-order valence-corrected chi connectivity index (χ0v) is 9.02. The predicted molar refractivity (Wildman–Crippen MR) is 59.1 cm³/mol. The highest BCUT2D eigenvalue weighted by molar-refractivity contribution is 5.30. The van der Waals surface area contributed by atoms with Gasteiger partial charge in [-0.15, -0.1) is 0 Å². The van der Waals surface area contributed by atoms with Crippen LogP contribution in [0.2, 0.25) is 0 Å². The van der Waals surface area contributed by atoms with Gasteiger partial charge in [-0.2, -0.15) is 0 Å². The van der Waals surface area contributed by atoms with Gasteiger partial charge in [-0.3, -0.25) is 0 Å². The summed E-state index contributed by atoms with van der Waals surface area (Å²) in [6.07, 6.45) is 1.50. The first-order valence-corrected chi connectivity index (χ1v) is 5.17. The van der Waals surface area contributed by atoms with Gasteiger partial charge in [0.2, 0.25) is 0 Å². The van der Waals surface area contributed by atoms with Gasteiger partial charge in [-0.1, -0.05) is 12.1 Å². The Balaban J connectivity index is 2.72. The average molecular weight is 210 g/mol. The molecule has 84 valence electrons. The van der Waals surface area contributed by atoms with Crippen LogP contribution in [0.15, 0.2) is 24.3 Å². The summed E-state index contributed by atoms with van der Waals surface area (Å²) in [6.45, 7) is 0.271. The van der Waals surface area contributed by atoms with Gasteiger partial charge in [0, 0.05) is 19.1 Å².